The highest BCUT2D eigenvalue weighted by atomic mass is 19.1. The van der Waals surface area contributed by atoms with E-state index in [4.69, 9.17) is 0 Å². The number of benzene rings is 1. The normalized spacial score (nSPS) is 26.6. The zero-order valence-electron chi connectivity index (χ0n) is 9.39. The Morgan fingerprint density at radius 1 is 1.27 bits per heavy atom. The summed E-state index contributed by atoms with van der Waals surface area (Å²) in [5.74, 6) is 0.626. The quantitative estimate of drug-likeness (QED) is 0.745. The van der Waals surface area contributed by atoms with Gasteiger partial charge in [0.05, 0.1) is 0 Å². The molecule has 2 rings (SSSR count). The molecule has 0 aromatic heterocycles. The van der Waals surface area contributed by atoms with Crippen molar-refractivity contribution >= 4 is 0 Å². The van der Waals surface area contributed by atoms with Crippen molar-refractivity contribution in [2.24, 2.45) is 5.92 Å². The van der Waals surface area contributed by atoms with Gasteiger partial charge in [0.15, 0.2) is 0 Å². The zero-order chi connectivity index (χ0) is 10.8. The van der Waals surface area contributed by atoms with Crippen LogP contribution in [0.25, 0.3) is 0 Å². The second-order valence-corrected chi connectivity index (χ2v) is 4.71. The molecule has 1 aliphatic heterocycles. The molecule has 1 aromatic rings. The van der Waals surface area contributed by atoms with Crippen molar-refractivity contribution < 1.29 is 4.39 Å². The Labute approximate surface area is 90.7 Å². The van der Waals surface area contributed by atoms with Gasteiger partial charge in [0, 0.05) is 6.04 Å². The minimum absolute atomic E-state index is 0.120. The molecule has 1 nitrogen and oxygen atoms in total. The van der Waals surface area contributed by atoms with Gasteiger partial charge in [-0.25, -0.2) is 4.39 Å². The predicted octanol–water partition coefficient (Wildman–Crippen LogP) is 3.19. The molecular weight excluding hydrogens is 189 g/mol. The van der Waals surface area contributed by atoms with E-state index in [0.29, 0.717) is 6.04 Å². The summed E-state index contributed by atoms with van der Waals surface area (Å²) in [5, 5.41) is 3.47. The van der Waals surface area contributed by atoms with E-state index in [0.717, 1.165) is 30.0 Å². The monoisotopic (exact) mass is 207 g/mol. The number of hydrogen-bond acceptors (Lipinski definition) is 1. The van der Waals surface area contributed by atoms with Gasteiger partial charge in [-0.2, -0.15) is 0 Å². The minimum Gasteiger partial charge on any atom is -0.310 e. The van der Waals surface area contributed by atoms with Gasteiger partial charge in [-0.3, -0.25) is 0 Å². The van der Waals surface area contributed by atoms with Crippen LogP contribution in [0.3, 0.4) is 0 Å². The summed E-state index contributed by atoms with van der Waals surface area (Å²) in [6.45, 7) is 5.23. The molecule has 2 atom stereocenters. The maximum absolute atomic E-state index is 13.2. The third kappa shape index (κ3) is 2.57. The number of hydrogen-bond donors (Lipinski definition) is 1. The summed E-state index contributed by atoms with van der Waals surface area (Å²) in [6, 6.07) is 5.65. The van der Waals surface area contributed by atoms with Gasteiger partial charge < -0.3 is 5.32 Å². The number of halogens is 1. The highest BCUT2D eigenvalue weighted by Crippen LogP contribution is 2.26. The molecule has 1 heterocycles. The van der Waals surface area contributed by atoms with E-state index in [-0.39, 0.29) is 5.82 Å². The molecule has 0 radical (unpaired) electrons. The molecule has 2 heteroatoms. The molecule has 82 valence electrons. The molecule has 0 saturated carbocycles. The Morgan fingerprint density at radius 3 is 2.67 bits per heavy atom. The fourth-order valence-corrected chi connectivity index (χ4v) is 2.25. The topological polar surface area (TPSA) is 12.0 Å². The molecule has 15 heavy (non-hydrogen) atoms. The summed E-state index contributed by atoms with van der Waals surface area (Å²) in [6.07, 6.45) is 2.34. The van der Waals surface area contributed by atoms with Crippen LogP contribution in [0.1, 0.15) is 36.9 Å². The molecule has 1 aliphatic rings. The lowest BCUT2D eigenvalue weighted by Crippen LogP contribution is -2.31. The first-order valence-corrected chi connectivity index (χ1v) is 5.65. The molecule has 0 bridgehead atoms. The first-order valence-electron chi connectivity index (χ1n) is 5.65. The SMILES string of the molecule is Cc1cc(F)cc(C2CCC(C)CN2)c1. The zero-order valence-corrected chi connectivity index (χ0v) is 9.39. The van der Waals surface area contributed by atoms with Gasteiger partial charge in [-0.1, -0.05) is 13.0 Å². The lowest BCUT2D eigenvalue weighted by atomic mass is 9.91. The maximum Gasteiger partial charge on any atom is 0.123 e. The van der Waals surface area contributed by atoms with Crippen molar-refractivity contribution in [1.29, 1.82) is 0 Å². The smallest absolute Gasteiger partial charge is 0.123 e. The Morgan fingerprint density at radius 2 is 2.07 bits per heavy atom. The highest BCUT2D eigenvalue weighted by Gasteiger charge is 2.19. The van der Waals surface area contributed by atoms with Crippen LogP contribution >= 0.6 is 0 Å². The standard InChI is InChI=1S/C13H18FN/c1-9-3-4-13(15-8-9)11-5-10(2)6-12(14)7-11/h5-7,9,13,15H,3-4,8H2,1-2H3. The van der Waals surface area contributed by atoms with Gasteiger partial charge >= 0.3 is 0 Å². The van der Waals surface area contributed by atoms with Crippen LogP contribution in [-0.4, -0.2) is 6.54 Å². The van der Waals surface area contributed by atoms with E-state index >= 15 is 0 Å². The predicted molar refractivity (Wildman–Crippen MR) is 60.3 cm³/mol. The van der Waals surface area contributed by atoms with E-state index in [1.54, 1.807) is 12.1 Å². The van der Waals surface area contributed by atoms with Crippen molar-refractivity contribution in [2.75, 3.05) is 6.54 Å². The molecule has 0 amide bonds. The summed E-state index contributed by atoms with van der Waals surface area (Å²) >= 11 is 0. The number of aryl methyl sites for hydroxylation is 1. The van der Waals surface area contributed by atoms with Crippen molar-refractivity contribution in [1.82, 2.24) is 5.32 Å². The molecule has 1 saturated heterocycles. The van der Waals surface area contributed by atoms with Gasteiger partial charge in [-0.05, 0) is 55.5 Å². The maximum atomic E-state index is 13.2. The Hall–Kier alpha value is -0.890. The van der Waals surface area contributed by atoms with Gasteiger partial charge in [0.1, 0.15) is 5.82 Å². The average Bonchev–Trinajstić information content (AvgIpc) is 2.17. The van der Waals surface area contributed by atoms with E-state index in [2.05, 4.69) is 18.3 Å². The summed E-state index contributed by atoms with van der Waals surface area (Å²) in [4.78, 5) is 0. The fourth-order valence-electron chi connectivity index (χ4n) is 2.25. The van der Waals surface area contributed by atoms with Crippen LogP contribution in [0.5, 0.6) is 0 Å². The third-order valence-electron chi connectivity index (χ3n) is 3.13. The lowest BCUT2D eigenvalue weighted by Gasteiger charge is -2.28. The van der Waals surface area contributed by atoms with E-state index in [1.807, 2.05) is 6.92 Å². The van der Waals surface area contributed by atoms with E-state index in [9.17, 15) is 4.39 Å². The first-order chi connectivity index (χ1) is 7.15. The summed E-state index contributed by atoms with van der Waals surface area (Å²) in [7, 11) is 0. The van der Waals surface area contributed by atoms with Crippen molar-refractivity contribution in [2.45, 2.75) is 32.7 Å². The average molecular weight is 207 g/mol. The minimum atomic E-state index is -0.120. The Bertz CT molecular complexity index is 320. The molecule has 0 aliphatic carbocycles. The summed E-state index contributed by atoms with van der Waals surface area (Å²) in [5.41, 5.74) is 2.10. The van der Waals surface area contributed by atoms with E-state index < -0.39 is 0 Å². The fraction of sp³-hybridized carbons (Fsp3) is 0.538. The first kappa shape index (κ1) is 10.6. The van der Waals surface area contributed by atoms with Crippen LogP contribution in [0.2, 0.25) is 0 Å². The highest BCUT2D eigenvalue weighted by molar-refractivity contribution is 5.26. The Balaban J connectivity index is 2.15. The van der Waals surface area contributed by atoms with Crippen LogP contribution in [-0.2, 0) is 0 Å². The molecular formula is C13H18FN. The number of rotatable bonds is 1. The van der Waals surface area contributed by atoms with Gasteiger partial charge in [0.25, 0.3) is 0 Å². The summed E-state index contributed by atoms with van der Waals surface area (Å²) < 4.78 is 13.2. The molecule has 2 unspecified atom stereocenters. The Kier molecular flexibility index (Phi) is 3.06. The molecule has 1 aromatic carbocycles. The van der Waals surface area contributed by atoms with Crippen molar-refractivity contribution in [3.63, 3.8) is 0 Å². The van der Waals surface area contributed by atoms with E-state index in [1.165, 1.54) is 6.42 Å². The van der Waals surface area contributed by atoms with Crippen LogP contribution < -0.4 is 5.32 Å². The largest absolute Gasteiger partial charge is 0.310 e. The second kappa shape index (κ2) is 4.31. The molecule has 0 spiro atoms. The second-order valence-electron chi connectivity index (χ2n) is 4.71. The number of nitrogens with one attached hydrogen (secondary N) is 1. The molecule has 1 N–H and O–H groups in total. The van der Waals surface area contributed by atoms with Crippen LogP contribution in [0.4, 0.5) is 4.39 Å². The van der Waals surface area contributed by atoms with Gasteiger partial charge in [0.2, 0.25) is 0 Å². The van der Waals surface area contributed by atoms with Crippen LogP contribution in [0.15, 0.2) is 18.2 Å². The lowest BCUT2D eigenvalue weighted by molar-refractivity contribution is 0.332. The number of piperidine rings is 1. The van der Waals surface area contributed by atoms with Crippen LogP contribution in [0, 0.1) is 18.7 Å². The third-order valence-corrected chi connectivity index (χ3v) is 3.13. The van der Waals surface area contributed by atoms with Crippen molar-refractivity contribution in [3.8, 4) is 0 Å². The molecule has 1 fully saturated rings. The van der Waals surface area contributed by atoms with Crippen molar-refractivity contribution in [3.05, 3.63) is 35.1 Å². The van der Waals surface area contributed by atoms with Gasteiger partial charge in [-0.15, -0.1) is 0 Å².